The first-order valence-corrected chi connectivity index (χ1v) is 9.11. The third-order valence-corrected chi connectivity index (χ3v) is 4.48. The zero-order chi connectivity index (χ0) is 19.8. The Morgan fingerprint density at radius 3 is 2.33 bits per heavy atom. The fourth-order valence-electron chi connectivity index (χ4n) is 2.95. The Kier molecular flexibility index (Phi) is 7.49. The van der Waals surface area contributed by atoms with Crippen LogP contribution in [0.5, 0.6) is 11.5 Å². The van der Waals surface area contributed by atoms with Crippen LogP contribution in [0.15, 0.2) is 41.4 Å². The highest BCUT2D eigenvalue weighted by atomic mass is 16.5. The minimum Gasteiger partial charge on any atom is -0.497 e. The summed E-state index contributed by atoms with van der Waals surface area (Å²) in [5.74, 6) is 1.49. The molecule has 0 aromatic heterocycles. The number of ether oxygens (including phenoxy) is 2. The van der Waals surface area contributed by atoms with Crippen LogP contribution >= 0.6 is 0 Å². The number of aliphatic hydroxyl groups excluding tert-OH is 1. The zero-order valence-corrected chi connectivity index (χ0v) is 16.5. The highest BCUT2D eigenvalue weighted by Gasteiger charge is 2.15. The Morgan fingerprint density at radius 2 is 1.78 bits per heavy atom. The fourth-order valence-corrected chi connectivity index (χ4v) is 2.95. The third-order valence-electron chi connectivity index (χ3n) is 4.48. The number of anilines is 1. The number of guanidine groups is 1. The summed E-state index contributed by atoms with van der Waals surface area (Å²) < 4.78 is 10.5. The van der Waals surface area contributed by atoms with E-state index >= 15 is 0 Å². The van der Waals surface area contributed by atoms with Gasteiger partial charge in [0.2, 0.25) is 0 Å². The van der Waals surface area contributed by atoms with Crippen LogP contribution in [0.1, 0.15) is 36.6 Å². The maximum Gasteiger partial charge on any atom is 0.193 e. The molecular formula is C21H29N3O3. The van der Waals surface area contributed by atoms with E-state index in [2.05, 4.69) is 42.4 Å². The molecule has 0 aliphatic carbocycles. The Morgan fingerprint density at radius 1 is 1.11 bits per heavy atom. The van der Waals surface area contributed by atoms with Crippen LogP contribution in [0.3, 0.4) is 0 Å². The maximum atomic E-state index is 10.5. The van der Waals surface area contributed by atoms with Crippen molar-refractivity contribution in [1.82, 2.24) is 0 Å². The van der Waals surface area contributed by atoms with E-state index in [-0.39, 0.29) is 12.5 Å². The zero-order valence-electron chi connectivity index (χ0n) is 16.5. The molecule has 0 radical (unpaired) electrons. The number of aryl methyl sites for hydroxylation is 2. The lowest BCUT2D eigenvalue weighted by atomic mass is 10.0. The molecule has 0 saturated heterocycles. The maximum absolute atomic E-state index is 10.5. The molecule has 0 saturated carbocycles. The second kappa shape index (κ2) is 9.83. The van der Waals surface area contributed by atoms with E-state index < -0.39 is 6.10 Å². The summed E-state index contributed by atoms with van der Waals surface area (Å²) in [4.78, 5) is 4.31. The van der Waals surface area contributed by atoms with Crippen LogP contribution in [-0.2, 0) is 12.8 Å². The van der Waals surface area contributed by atoms with Gasteiger partial charge >= 0.3 is 0 Å². The molecule has 6 nitrogen and oxygen atoms in total. The number of nitrogens with one attached hydrogen (secondary N) is 1. The van der Waals surface area contributed by atoms with Crippen molar-refractivity contribution >= 4 is 11.6 Å². The molecule has 0 spiro atoms. The fraction of sp³-hybridized carbons (Fsp3) is 0.381. The second-order valence-electron chi connectivity index (χ2n) is 6.13. The van der Waals surface area contributed by atoms with Crippen LogP contribution in [0.4, 0.5) is 5.69 Å². The summed E-state index contributed by atoms with van der Waals surface area (Å²) in [6.45, 7) is 4.32. The van der Waals surface area contributed by atoms with Gasteiger partial charge in [-0.1, -0.05) is 32.0 Å². The number of aliphatic hydroxyl groups is 1. The first-order valence-electron chi connectivity index (χ1n) is 9.11. The number of hydrogen-bond donors (Lipinski definition) is 3. The Balaban J connectivity index is 2.17. The molecule has 2 aromatic carbocycles. The van der Waals surface area contributed by atoms with E-state index in [4.69, 9.17) is 15.2 Å². The Bertz CT molecular complexity index is 768. The van der Waals surface area contributed by atoms with Gasteiger partial charge in [-0.25, -0.2) is 0 Å². The number of aliphatic imine (C=N–C) groups is 1. The quantitative estimate of drug-likeness (QED) is 0.489. The van der Waals surface area contributed by atoms with E-state index in [1.165, 1.54) is 11.1 Å². The minimum atomic E-state index is -0.859. The minimum absolute atomic E-state index is 0.109. The summed E-state index contributed by atoms with van der Waals surface area (Å²) in [5, 5.41) is 13.7. The van der Waals surface area contributed by atoms with Gasteiger partial charge in [0.1, 0.15) is 17.6 Å². The lowest BCUT2D eigenvalue weighted by Crippen LogP contribution is -2.25. The molecule has 0 fully saturated rings. The van der Waals surface area contributed by atoms with Crippen molar-refractivity contribution in [2.75, 3.05) is 26.1 Å². The van der Waals surface area contributed by atoms with Crippen LogP contribution in [0.25, 0.3) is 0 Å². The number of rotatable bonds is 8. The van der Waals surface area contributed by atoms with Gasteiger partial charge in [-0.2, -0.15) is 0 Å². The lowest BCUT2D eigenvalue weighted by Gasteiger charge is -2.16. The van der Waals surface area contributed by atoms with Crippen LogP contribution < -0.4 is 20.5 Å². The van der Waals surface area contributed by atoms with E-state index in [1.54, 1.807) is 32.4 Å². The predicted octanol–water partition coefficient (Wildman–Crippen LogP) is 3.29. The molecule has 6 heteroatoms. The molecule has 0 heterocycles. The smallest absolute Gasteiger partial charge is 0.193 e. The van der Waals surface area contributed by atoms with Gasteiger partial charge in [-0.15, -0.1) is 0 Å². The van der Waals surface area contributed by atoms with E-state index in [1.807, 2.05) is 0 Å². The molecule has 1 atom stereocenters. The van der Waals surface area contributed by atoms with Crippen molar-refractivity contribution in [1.29, 1.82) is 0 Å². The molecule has 0 aliphatic heterocycles. The molecule has 4 N–H and O–H groups in total. The lowest BCUT2D eigenvalue weighted by molar-refractivity contribution is 0.182. The average molecular weight is 371 g/mol. The molecule has 2 aromatic rings. The molecule has 0 amide bonds. The number of hydrogen-bond acceptors (Lipinski definition) is 4. The van der Waals surface area contributed by atoms with Gasteiger partial charge in [0.05, 0.1) is 20.8 Å². The van der Waals surface area contributed by atoms with E-state index in [0.717, 1.165) is 18.5 Å². The molecular weight excluding hydrogens is 342 g/mol. The molecule has 146 valence electrons. The Hall–Kier alpha value is -2.73. The van der Waals surface area contributed by atoms with E-state index in [0.29, 0.717) is 17.1 Å². The van der Waals surface area contributed by atoms with Crippen molar-refractivity contribution in [3.05, 3.63) is 53.1 Å². The molecule has 0 bridgehead atoms. The first kappa shape index (κ1) is 20.6. The number of nitrogens with zero attached hydrogens (tertiary/aromatic N) is 1. The number of nitrogens with two attached hydrogens (primary N) is 1. The summed E-state index contributed by atoms with van der Waals surface area (Å²) in [5.41, 5.74) is 10.0. The summed E-state index contributed by atoms with van der Waals surface area (Å²) >= 11 is 0. The van der Waals surface area contributed by atoms with Gasteiger partial charge in [0, 0.05) is 11.3 Å². The van der Waals surface area contributed by atoms with Gasteiger partial charge in [-0.05, 0) is 42.2 Å². The molecule has 27 heavy (non-hydrogen) atoms. The molecule has 2 rings (SSSR count). The van der Waals surface area contributed by atoms with Gasteiger partial charge < -0.3 is 25.6 Å². The van der Waals surface area contributed by atoms with Crippen LogP contribution in [-0.4, -0.2) is 31.8 Å². The monoisotopic (exact) mass is 371 g/mol. The number of methoxy groups -OCH3 is 2. The highest BCUT2D eigenvalue weighted by molar-refractivity contribution is 5.93. The van der Waals surface area contributed by atoms with Crippen molar-refractivity contribution in [3.8, 4) is 11.5 Å². The molecule has 0 aliphatic rings. The van der Waals surface area contributed by atoms with Crippen LogP contribution in [0, 0.1) is 0 Å². The standard InChI is InChI=1S/C21H29N3O3/c1-5-14-8-7-9-15(6-2)20(14)24-21(22)23-13-18(25)17-12-16(26-3)10-11-19(17)27-4/h7-12,18,25H,5-6,13H2,1-4H3,(H3,22,23,24). The van der Waals surface area contributed by atoms with Crippen molar-refractivity contribution in [2.45, 2.75) is 32.8 Å². The summed E-state index contributed by atoms with van der Waals surface area (Å²) in [6, 6.07) is 11.5. The SMILES string of the molecule is CCc1cccc(CC)c1NC(N)=NCC(O)c1cc(OC)ccc1OC. The first-order chi connectivity index (χ1) is 13.0. The van der Waals surface area contributed by atoms with Gasteiger partial charge in [0.25, 0.3) is 0 Å². The highest BCUT2D eigenvalue weighted by Crippen LogP contribution is 2.29. The number of benzene rings is 2. The topological polar surface area (TPSA) is 89.1 Å². The number of para-hydroxylation sites is 1. The van der Waals surface area contributed by atoms with Crippen molar-refractivity contribution in [2.24, 2.45) is 10.7 Å². The molecule has 1 unspecified atom stereocenters. The largest absolute Gasteiger partial charge is 0.497 e. The van der Waals surface area contributed by atoms with Gasteiger partial charge in [-0.3, -0.25) is 4.99 Å². The second-order valence-corrected chi connectivity index (χ2v) is 6.13. The van der Waals surface area contributed by atoms with Gasteiger partial charge in [0.15, 0.2) is 5.96 Å². The van der Waals surface area contributed by atoms with E-state index in [9.17, 15) is 5.11 Å². The third kappa shape index (κ3) is 5.14. The summed E-state index contributed by atoms with van der Waals surface area (Å²) in [7, 11) is 3.14. The van der Waals surface area contributed by atoms with Crippen molar-refractivity contribution < 1.29 is 14.6 Å². The summed E-state index contributed by atoms with van der Waals surface area (Å²) in [6.07, 6.45) is 0.933. The normalized spacial score (nSPS) is 12.6. The van der Waals surface area contributed by atoms with Crippen LogP contribution in [0.2, 0.25) is 0 Å². The average Bonchev–Trinajstić information content (AvgIpc) is 2.71. The predicted molar refractivity (Wildman–Crippen MR) is 110 cm³/mol. The Labute approximate surface area is 161 Å². The van der Waals surface area contributed by atoms with Crippen molar-refractivity contribution in [3.63, 3.8) is 0 Å².